The van der Waals surface area contributed by atoms with Gasteiger partial charge >= 0.3 is 11.9 Å². The maximum atomic E-state index is 12.6. The van der Waals surface area contributed by atoms with Crippen LogP contribution in [0.1, 0.15) is 65.3 Å². The number of nitrogens with zero attached hydrogens (tertiary/aromatic N) is 1. The number of unbranched alkanes of at least 4 members (excludes halogenated alkanes) is 4. The summed E-state index contributed by atoms with van der Waals surface area (Å²) in [4.78, 5) is 38.9. The van der Waals surface area contributed by atoms with Crippen molar-refractivity contribution in [1.82, 2.24) is 5.32 Å². The van der Waals surface area contributed by atoms with Crippen LogP contribution in [0.4, 0.5) is 5.69 Å². The van der Waals surface area contributed by atoms with E-state index < -0.39 is 23.9 Å². The molecule has 0 aromatic heterocycles. The molecule has 0 spiro atoms. The Morgan fingerprint density at radius 3 is 2.00 bits per heavy atom. The van der Waals surface area contributed by atoms with Crippen molar-refractivity contribution in [3.63, 3.8) is 0 Å². The number of carboxylic acids is 1. The second kappa shape index (κ2) is 15.3. The Labute approximate surface area is 235 Å². The van der Waals surface area contributed by atoms with Crippen LogP contribution >= 0.6 is 0 Å². The minimum Gasteiger partial charge on any atom is -0.494 e. The van der Waals surface area contributed by atoms with Crippen LogP contribution in [-0.4, -0.2) is 49.7 Å². The molecule has 0 fully saturated rings. The molecule has 40 heavy (non-hydrogen) atoms. The predicted molar refractivity (Wildman–Crippen MR) is 155 cm³/mol. The van der Waals surface area contributed by atoms with Crippen molar-refractivity contribution >= 4 is 23.5 Å². The van der Waals surface area contributed by atoms with Crippen LogP contribution in [0.25, 0.3) is 0 Å². The number of aliphatic carboxylic acids is 1. The molecule has 212 valence electrons. The van der Waals surface area contributed by atoms with Crippen molar-refractivity contribution in [2.45, 2.75) is 51.5 Å². The van der Waals surface area contributed by atoms with E-state index in [1.807, 2.05) is 19.0 Å². The van der Waals surface area contributed by atoms with E-state index in [1.54, 1.807) is 72.8 Å². The maximum Gasteiger partial charge on any atom is 0.343 e. The largest absolute Gasteiger partial charge is 0.494 e. The van der Waals surface area contributed by atoms with Crippen molar-refractivity contribution in [3.05, 3.63) is 89.5 Å². The van der Waals surface area contributed by atoms with Crippen LogP contribution in [0.2, 0.25) is 0 Å². The maximum absolute atomic E-state index is 12.6. The molecule has 0 bridgehead atoms. The van der Waals surface area contributed by atoms with Gasteiger partial charge in [0.25, 0.3) is 5.91 Å². The van der Waals surface area contributed by atoms with E-state index in [-0.39, 0.29) is 6.42 Å². The Bertz CT molecular complexity index is 1240. The molecule has 0 aliphatic heterocycles. The summed E-state index contributed by atoms with van der Waals surface area (Å²) in [7, 11) is 3.79. The van der Waals surface area contributed by atoms with Crippen molar-refractivity contribution < 1.29 is 29.0 Å². The molecule has 8 heteroatoms. The normalized spacial score (nSPS) is 11.4. The average molecular weight is 547 g/mol. The van der Waals surface area contributed by atoms with E-state index in [2.05, 4.69) is 12.2 Å². The van der Waals surface area contributed by atoms with Crippen molar-refractivity contribution in [2.24, 2.45) is 0 Å². The lowest BCUT2D eigenvalue weighted by atomic mass is 10.0. The number of carbonyl (C=O) groups is 3. The molecular formula is C32H38N2O6. The van der Waals surface area contributed by atoms with Crippen LogP contribution in [0, 0.1) is 0 Å². The first-order chi connectivity index (χ1) is 19.3. The van der Waals surface area contributed by atoms with E-state index >= 15 is 0 Å². The Morgan fingerprint density at radius 1 is 0.800 bits per heavy atom. The second-order valence-corrected chi connectivity index (χ2v) is 9.83. The van der Waals surface area contributed by atoms with E-state index in [1.165, 1.54) is 19.3 Å². The molecule has 0 heterocycles. The number of ether oxygens (including phenoxy) is 2. The number of carboxylic acid groups (broad SMARTS) is 1. The first-order valence-corrected chi connectivity index (χ1v) is 13.6. The summed E-state index contributed by atoms with van der Waals surface area (Å²) < 4.78 is 11.2. The van der Waals surface area contributed by atoms with Gasteiger partial charge in [-0.3, -0.25) is 4.79 Å². The van der Waals surface area contributed by atoms with E-state index in [4.69, 9.17) is 9.47 Å². The molecule has 3 rings (SSSR count). The van der Waals surface area contributed by atoms with Crippen LogP contribution in [0.3, 0.4) is 0 Å². The second-order valence-electron chi connectivity index (χ2n) is 9.83. The van der Waals surface area contributed by atoms with E-state index in [9.17, 15) is 19.5 Å². The molecule has 1 amide bonds. The summed E-state index contributed by atoms with van der Waals surface area (Å²) in [5, 5.41) is 12.2. The number of amides is 1. The summed E-state index contributed by atoms with van der Waals surface area (Å²) in [5.41, 5.74) is 2.38. The van der Waals surface area contributed by atoms with Gasteiger partial charge in [0.1, 0.15) is 17.5 Å². The number of nitrogens with one attached hydrogen (secondary N) is 1. The van der Waals surface area contributed by atoms with Crippen LogP contribution in [0.5, 0.6) is 11.5 Å². The topological polar surface area (TPSA) is 105 Å². The SMILES string of the molecule is CCCCCCCOc1ccc(C(=O)Oc2ccc(C[C@H](NC(=O)c3ccc(N(C)C)cc3)C(=O)O)cc2)cc1. The third-order valence-corrected chi connectivity index (χ3v) is 6.43. The fourth-order valence-electron chi connectivity index (χ4n) is 4.03. The first kappa shape index (κ1) is 30.2. The molecule has 0 unspecified atom stereocenters. The van der Waals surface area contributed by atoms with Crippen LogP contribution in [-0.2, 0) is 11.2 Å². The van der Waals surface area contributed by atoms with Gasteiger partial charge in [0.15, 0.2) is 0 Å². The van der Waals surface area contributed by atoms with Crippen molar-refractivity contribution in [3.8, 4) is 11.5 Å². The fraction of sp³-hybridized carbons (Fsp3) is 0.344. The zero-order chi connectivity index (χ0) is 28.9. The third-order valence-electron chi connectivity index (χ3n) is 6.43. The van der Waals surface area contributed by atoms with Gasteiger partial charge in [0, 0.05) is 31.8 Å². The molecule has 1 atom stereocenters. The number of hydrogen-bond donors (Lipinski definition) is 2. The number of carbonyl (C=O) groups excluding carboxylic acids is 2. The zero-order valence-electron chi connectivity index (χ0n) is 23.4. The standard InChI is InChI=1S/C32H38N2O6/c1-4-5-6-7-8-21-39-27-19-13-25(14-20-27)32(38)40-28-17-9-23(10-18-28)22-29(31(36)37)33-30(35)24-11-15-26(16-12-24)34(2)3/h9-20,29H,4-8,21-22H2,1-3H3,(H,33,35)(H,36,37)/t29-/m0/s1. The number of hydrogen-bond acceptors (Lipinski definition) is 6. The van der Waals surface area contributed by atoms with Crippen molar-refractivity contribution in [1.29, 1.82) is 0 Å². The lowest BCUT2D eigenvalue weighted by Crippen LogP contribution is -2.42. The highest BCUT2D eigenvalue weighted by Gasteiger charge is 2.21. The predicted octanol–water partition coefficient (Wildman–Crippen LogP) is 5.75. The molecule has 0 saturated carbocycles. The molecule has 0 aliphatic carbocycles. The Morgan fingerprint density at radius 2 is 1.40 bits per heavy atom. The molecule has 0 saturated heterocycles. The number of esters is 1. The summed E-state index contributed by atoms with van der Waals surface area (Å²) in [6.45, 7) is 2.84. The van der Waals surface area contributed by atoms with Gasteiger partial charge < -0.3 is 24.8 Å². The highest BCUT2D eigenvalue weighted by atomic mass is 16.5. The molecule has 3 aromatic carbocycles. The fourth-order valence-corrected chi connectivity index (χ4v) is 4.03. The smallest absolute Gasteiger partial charge is 0.343 e. The third kappa shape index (κ3) is 9.45. The van der Waals surface area contributed by atoms with Crippen LogP contribution < -0.4 is 19.7 Å². The number of rotatable bonds is 15. The van der Waals surface area contributed by atoms with Gasteiger partial charge in [-0.25, -0.2) is 9.59 Å². The van der Waals surface area contributed by atoms with Crippen LogP contribution in [0.15, 0.2) is 72.8 Å². The first-order valence-electron chi connectivity index (χ1n) is 13.6. The van der Waals surface area contributed by atoms with E-state index in [0.717, 1.165) is 18.5 Å². The molecule has 0 radical (unpaired) electrons. The average Bonchev–Trinajstić information content (AvgIpc) is 2.95. The number of benzene rings is 3. The van der Waals surface area contributed by atoms with E-state index in [0.29, 0.717) is 34.8 Å². The zero-order valence-corrected chi connectivity index (χ0v) is 23.4. The highest BCUT2D eigenvalue weighted by Crippen LogP contribution is 2.18. The molecule has 8 nitrogen and oxygen atoms in total. The molecule has 2 N–H and O–H groups in total. The monoisotopic (exact) mass is 546 g/mol. The lowest BCUT2D eigenvalue weighted by Gasteiger charge is -2.16. The summed E-state index contributed by atoms with van der Waals surface area (Å²) in [6, 6.07) is 19.2. The van der Waals surface area contributed by atoms with Gasteiger partial charge in [-0.15, -0.1) is 0 Å². The summed E-state index contributed by atoms with van der Waals surface area (Å²) in [5.74, 6) is -1.07. The highest BCUT2D eigenvalue weighted by molar-refractivity contribution is 5.97. The van der Waals surface area contributed by atoms with Gasteiger partial charge in [0.2, 0.25) is 0 Å². The lowest BCUT2D eigenvalue weighted by molar-refractivity contribution is -0.139. The van der Waals surface area contributed by atoms with Crippen molar-refractivity contribution in [2.75, 3.05) is 25.6 Å². The Kier molecular flexibility index (Phi) is 11.6. The van der Waals surface area contributed by atoms with Gasteiger partial charge in [-0.05, 0) is 72.6 Å². The van der Waals surface area contributed by atoms with Gasteiger partial charge in [0.05, 0.1) is 12.2 Å². The quantitative estimate of drug-likeness (QED) is 0.142. The minimum absolute atomic E-state index is 0.0746. The number of anilines is 1. The Hall–Kier alpha value is -4.33. The van der Waals surface area contributed by atoms with Gasteiger partial charge in [-0.2, -0.15) is 0 Å². The molecular weight excluding hydrogens is 508 g/mol. The minimum atomic E-state index is -1.14. The molecule has 3 aromatic rings. The van der Waals surface area contributed by atoms with Gasteiger partial charge in [-0.1, -0.05) is 44.7 Å². The Balaban J connectivity index is 1.50. The molecule has 0 aliphatic rings. The summed E-state index contributed by atoms with van der Waals surface area (Å²) in [6.07, 6.45) is 5.90. The summed E-state index contributed by atoms with van der Waals surface area (Å²) >= 11 is 0.